The first kappa shape index (κ1) is 21.0. The lowest BCUT2D eigenvalue weighted by atomic mass is 10.0. The number of aliphatic carboxylic acids is 1. The highest BCUT2D eigenvalue weighted by Crippen LogP contribution is 2.34. The van der Waals surface area contributed by atoms with Gasteiger partial charge >= 0.3 is 5.97 Å². The van der Waals surface area contributed by atoms with E-state index >= 15 is 0 Å². The molecule has 3 rings (SSSR count). The van der Waals surface area contributed by atoms with Crippen molar-refractivity contribution in [3.63, 3.8) is 0 Å². The van der Waals surface area contributed by atoms with Crippen LogP contribution in [-0.2, 0) is 14.4 Å². The van der Waals surface area contributed by atoms with Crippen LogP contribution in [0.5, 0.6) is 0 Å². The van der Waals surface area contributed by atoms with Crippen LogP contribution in [0, 0.1) is 0 Å². The molecule has 29 heavy (non-hydrogen) atoms. The molecule has 2 aliphatic rings. The number of fused-ring (bicyclic) bond motifs is 1. The van der Waals surface area contributed by atoms with Crippen LogP contribution in [0.15, 0.2) is 23.1 Å². The van der Waals surface area contributed by atoms with Gasteiger partial charge in [0.1, 0.15) is 6.04 Å². The van der Waals surface area contributed by atoms with E-state index in [4.69, 9.17) is 5.11 Å². The summed E-state index contributed by atoms with van der Waals surface area (Å²) in [5, 5.41) is 10.8. The monoisotopic (exact) mass is 418 g/mol. The van der Waals surface area contributed by atoms with Gasteiger partial charge in [-0.1, -0.05) is 18.9 Å². The summed E-state index contributed by atoms with van der Waals surface area (Å²) in [5.41, 5.74) is 0.601. The van der Waals surface area contributed by atoms with Crippen LogP contribution in [0.1, 0.15) is 65.7 Å². The number of hydrogen-bond donors (Lipinski definition) is 2. The number of unbranched alkanes of at least 4 members (excludes halogenated alkanes) is 3. The third-order valence-corrected chi connectivity index (χ3v) is 6.12. The first-order valence-corrected chi connectivity index (χ1v) is 10.6. The molecule has 1 fully saturated rings. The Labute approximate surface area is 172 Å². The lowest BCUT2D eigenvalue weighted by Crippen LogP contribution is -2.54. The van der Waals surface area contributed by atoms with Gasteiger partial charge in [-0.2, -0.15) is 0 Å². The topological polar surface area (TPSA) is 121 Å². The number of nitrogens with one attached hydrogen (secondary N) is 1. The summed E-state index contributed by atoms with van der Waals surface area (Å²) < 4.78 is 0. The second-order valence-corrected chi connectivity index (χ2v) is 8.17. The molecule has 0 bridgehead atoms. The SMILES string of the molecule is O=C(O)CCCCCCSc1cccc2c1C(=O)N(C1CCC(=O)NC1=O)C2=O. The van der Waals surface area contributed by atoms with Crippen LogP contribution in [0.3, 0.4) is 0 Å². The van der Waals surface area contributed by atoms with E-state index in [1.807, 2.05) is 0 Å². The second-order valence-electron chi connectivity index (χ2n) is 7.03. The van der Waals surface area contributed by atoms with E-state index < -0.39 is 35.6 Å². The Morgan fingerprint density at radius 3 is 2.59 bits per heavy atom. The van der Waals surface area contributed by atoms with Gasteiger partial charge in [-0.3, -0.25) is 34.2 Å². The summed E-state index contributed by atoms with van der Waals surface area (Å²) in [4.78, 5) is 61.4. The zero-order valence-electron chi connectivity index (χ0n) is 15.8. The molecule has 0 aliphatic carbocycles. The Kier molecular flexibility index (Phi) is 6.68. The van der Waals surface area contributed by atoms with Crippen LogP contribution in [0.25, 0.3) is 0 Å². The predicted octanol–water partition coefficient (Wildman–Crippen LogP) is 2.21. The number of piperidine rings is 1. The Hall–Kier alpha value is -2.68. The molecule has 0 aromatic heterocycles. The van der Waals surface area contributed by atoms with Crippen molar-refractivity contribution in [1.29, 1.82) is 0 Å². The van der Waals surface area contributed by atoms with Crippen LogP contribution in [0.2, 0.25) is 0 Å². The molecule has 1 saturated heterocycles. The van der Waals surface area contributed by atoms with Crippen molar-refractivity contribution in [2.24, 2.45) is 0 Å². The summed E-state index contributed by atoms with van der Waals surface area (Å²) in [6.45, 7) is 0. The number of nitrogens with zero attached hydrogens (tertiary/aromatic N) is 1. The van der Waals surface area contributed by atoms with Crippen LogP contribution < -0.4 is 5.32 Å². The van der Waals surface area contributed by atoms with Gasteiger partial charge in [0.05, 0.1) is 11.1 Å². The number of benzene rings is 1. The van der Waals surface area contributed by atoms with E-state index in [-0.39, 0.29) is 24.8 Å². The molecular formula is C20H22N2O6S. The Morgan fingerprint density at radius 2 is 1.86 bits per heavy atom. The molecule has 4 amide bonds. The minimum absolute atomic E-state index is 0.0906. The van der Waals surface area contributed by atoms with Gasteiger partial charge in [0, 0.05) is 17.7 Å². The van der Waals surface area contributed by atoms with Gasteiger partial charge in [-0.25, -0.2) is 0 Å². The Morgan fingerprint density at radius 1 is 1.10 bits per heavy atom. The number of amides is 4. The Balaban J connectivity index is 1.63. The number of thioether (sulfide) groups is 1. The standard InChI is InChI=1S/C20H22N2O6S/c23-15-10-9-13(18(26)21-15)22-19(27)12-6-5-7-14(17(12)20(22)28)29-11-4-2-1-3-8-16(24)25/h5-7,13H,1-4,8-11H2,(H,24,25)(H,21,23,26). The highest BCUT2D eigenvalue weighted by molar-refractivity contribution is 7.99. The molecule has 1 aromatic rings. The van der Waals surface area contributed by atoms with Gasteiger partial charge in [-0.05, 0) is 37.1 Å². The lowest BCUT2D eigenvalue weighted by Gasteiger charge is -2.27. The number of rotatable bonds is 9. The van der Waals surface area contributed by atoms with Crippen LogP contribution in [-0.4, -0.2) is 51.4 Å². The smallest absolute Gasteiger partial charge is 0.303 e. The molecule has 1 unspecified atom stereocenters. The van der Waals surface area contributed by atoms with E-state index in [1.54, 1.807) is 18.2 Å². The van der Waals surface area contributed by atoms with E-state index in [1.165, 1.54) is 11.8 Å². The molecule has 9 heteroatoms. The summed E-state index contributed by atoms with van der Waals surface area (Å²) >= 11 is 1.48. The van der Waals surface area contributed by atoms with Gasteiger partial charge in [-0.15, -0.1) is 11.8 Å². The molecule has 0 radical (unpaired) electrons. The normalized spacial score (nSPS) is 18.8. The maximum atomic E-state index is 13.0. The fraction of sp³-hybridized carbons (Fsp3) is 0.450. The number of hydrogen-bond acceptors (Lipinski definition) is 6. The van der Waals surface area contributed by atoms with Crippen molar-refractivity contribution in [3.8, 4) is 0 Å². The van der Waals surface area contributed by atoms with Gasteiger partial charge in [0.25, 0.3) is 11.8 Å². The molecule has 2 heterocycles. The average Bonchev–Trinajstić information content (AvgIpc) is 2.92. The average molecular weight is 418 g/mol. The maximum absolute atomic E-state index is 13.0. The van der Waals surface area contributed by atoms with Crippen molar-refractivity contribution < 1.29 is 29.1 Å². The summed E-state index contributed by atoms with van der Waals surface area (Å²) in [7, 11) is 0. The molecular weight excluding hydrogens is 396 g/mol. The molecule has 154 valence electrons. The van der Waals surface area contributed by atoms with Gasteiger partial charge in [0.15, 0.2) is 0 Å². The number of carbonyl (C=O) groups is 5. The fourth-order valence-electron chi connectivity index (χ4n) is 3.52. The molecule has 1 atom stereocenters. The van der Waals surface area contributed by atoms with E-state index in [2.05, 4.69) is 5.32 Å². The van der Waals surface area contributed by atoms with Crippen molar-refractivity contribution >= 4 is 41.4 Å². The first-order chi connectivity index (χ1) is 13.9. The fourth-order valence-corrected chi connectivity index (χ4v) is 4.60. The molecule has 2 aliphatic heterocycles. The number of carbonyl (C=O) groups excluding carboxylic acids is 4. The van der Waals surface area contributed by atoms with Gasteiger partial charge < -0.3 is 5.11 Å². The van der Waals surface area contributed by atoms with Crippen molar-refractivity contribution in [2.45, 2.75) is 55.9 Å². The summed E-state index contributed by atoms with van der Waals surface area (Å²) in [5.74, 6) is -2.07. The van der Waals surface area contributed by atoms with Crippen molar-refractivity contribution in [3.05, 3.63) is 29.3 Å². The van der Waals surface area contributed by atoms with Crippen LogP contribution in [0.4, 0.5) is 0 Å². The van der Waals surface area contributed by atoms with Crippen LogP contribution >= 0.6 is 11.8 Å². The highest BCUT2D eigenvalue weighted by atomic mass is 32.2. The molecule has 2 N–H and O–H groups in total. The maximum Gasteiger partial charge on any atom is 0.303 e. The predicted molar refractivity (Wildman–Crippen MR) is 105 cm³/mol. The van der Waals surface area contributed by atoms with E-state index in [9.17, 15) is 24.0 Å². The van der Waals surface area contributed by atoms with Crippen molar-refractivity contribution in [2.75, 3.05) is 5.75 Å². The summed E-state index contributed by atoms with van der Waals surface area (Å²) in [6, 6.07) is 4.12. The number of carboxylic acids is 1. The third-order valence-electron chi connectivity index (χ3n) is 4.97. The Bertz CT molecular complexity index is 869. The lowest BCUT2D eigenvalue weighted by molar-refractivity contribution is -0.138. The zero-order valence-corrected chi connectivity index (χ0v) is 16.6. The molecule has 8 nitrogen and oxygen atoms in total. The molecule has 1 aromatic carbocycles. The minimum atomic E-state index is -0.966. The quantitative estimate of drug-likeness (QED) is 0.358. The third kappa shape index (κ3) is 4.67. The zero-order chi connectivity index (χ0) is 21.0. The number of imide groups is 2. The first-order valence-electron chi connectivity index (χ1n) is 9.59. The largest absolute Gasteiger partial charge is 0.481 e. The van der Waals surface area contributed by atoms with E-state index in [0.717, 1.165) is 29.9 Å². The molecule has 0 saturated carbocycles. The number of carboxylic acid groups (broad SMARTS) is 1. The minimum Gasteiger partial charge on any atom is -0.481 e. The van der Waals surface area contributed by atoms with Gasteiger partial charge in [0.2, 0.25) is 11.8 Å². The van der Waals surface area contributed by atoms with Crippen molar-refractivity contribution in [1.82, 2.24) is 10.2 Å². The highest BCUT2D eigenvalue weighted by Gasteiger charge is 2.45. The van der Waals surface area contributed by atoms with E-state index in [0.29, 0.717) is 16.9 Å². The molecule has 0 spiro atoms. The second kappa shape index (κ2) is 9.21. The summed E-state index contributed by atoms with van der Waals surface area (Å²) in [6.07, 6.45) is 3.64.